The molecule has 1 fully saturated rings. The third kappa shape index (κ3) is 4.88. The van der Waals surface area contributed by atoms with Crippen LogP contribution >= 0.6 is 0 Å². The maximum atomic E-state index is 11.4. The van der Waals surface area contributed by atoms with Crippen LogP contribution < -0.4 is 9.44 Å². The highest BCUT2D eigenvalue weighted by Crippen LogP contribution is 2.28. The first-order chi connectivity index (χ1) is 7.87. The van der Waals surface area contributed by atoms with Crippen molar-refractivity contribution in [1.29, 1.82) is 0 Å². The average Bonchev–Trinajstić information content (AvgIpc) is 2.63. The Labute approximate surface area is 101 Å². The first-order valence-corrected chi connectivity index (χ1v) is 7.02. The van der Waals surface area contributed by atoms with Crippen LogP contribution in [0.1, 0.15) is 32.6 Å². The van der Waals surface area contributed by atoms with E-state index in [-0.39, 0.29) is 13.2 Å². The molecule has 0 aliphatic heterocycles. The zero-order valence-corrected chi connectivity index (χ0v) is 10.5. The van der Waals surface area contributed by atoms with Crippen LogP contribution in [0.5, 0.6) is 0 Å². The fourth-order valence-corrected chi connectivity index (χ4v) is 2.55. The molecule has 0 aromatic heterocycles. The highest BCUT2D eigenvalue weighted by atomic mass is 32.2. The number of nitrogens with one attached hydrogen (secondary N) is 2. The van der Waals surface area contributed by atoms with Crippen molar-refractivity contribution in [3.05, 3.63) is 0 Å². The van der Waals surface area contributed by atoms with Crippen molar-refractivity contribution in [3.8, 4) is 0 Å². The van der Waals surface area contributed by atoms with Crippen molar-refractivity contribution < 1.29 is 23.1 Å². The second-order valence-corrected chi connectivity index (χ2v) is 5.58. The largest absolute Gasteiger partial charge is 0.449 e. The fourth-order valence-electron chi connectivity index (χ4n) is 1.75. The van der Waals surface area contributed by atoms with E-state index in [1.165, 1.54) is 0 Å². The molecule has 7 nitrogen and oxygen atoms in total. The highest BCUT2D eigenvalue weighted by Gasteiger charge is 2.32. The normalized spacial score (nSPS) is 18.9. The third-order valence-corrected chi connectivity index (χ3v) is 3.58. The van der Waals surface area contributed by atoms with Crippen molar-refractivity contribution in [3.63, 3.8) is 0 Å². The van der Waals surface area contributed by atoms with Crippen molar-refractivity contribution in [2.45, 2.75) is 38.2 Å². The zero-order chi connectivity index (χ0) is 12.9. The lowest BCUT2D eigenvalue weighted by Gasteiger charge is -2.22. The fraction of sp³-hybridized carbons (Fsp3) is 0.889. The minimum absolute atomic E-state index is 0.0886. The lowest BCUT2D eigenvalue weighted by Crippen LogP contribution is -2.47. The topological polar surface area (TPSA) is 105 Å². The lowest BCUT2D eigenvalue weighted by atomic mass is 10.0. The molecular weight excluding hydrogens is 248 g/mol. The Morgan fingerprint density at radius 3 is 2.53 bits per heavy atom. The molecule has 0 unspecified atom stereocenters. The number of carbonyl (C=O) groups is 1. The number of ether oxygens (including phenoxy) is 1. The number of hydrogen-bond donors (Lipinski definition) is 3. The maximum absolute atomic E-state index is 11.4. The van der Waals surface area contributed by atoms with Crippen LogP contribution in [0, 0.1) is 0 Å². The molecule has 1 saturated carbocycles. The molecule has 0 spiro atoms. The molecule has 0 bridgehead atoms. The minimum atomic E-state index is -3.96. The molecule has 1 amide bonds. The summed E-state index contributed by atoms with van der Waals surface area (Å²) in [6.07, 6.45) is 1.86. The van der Waals surface area contributed by atoms with Gasteiger partial charge in [-0.05, 0) is 19.8 Å². The van der Waals surface area contributed by atoms with Gasteiger partial charge in [0.15, 0.2) is 0 Å². The molecule has 1 rings (SSSR count). The molecule has 0 aromatic rings. The van der Waals surface area contributed by atoms with Crippen molar-refractivity contribution in [1.82, 2.24) is 9.44 Å². The smallest absolute Gasteiger partial charge is 0.421 e. The summed E-state index contributed by atoms with van der Waals surface area (Å²) in [5.74, 6) is 0. The van der Waals surface area contributed by atoms with Crippen LogP contribution in [0.2, 0.25) is 0 Å². The van der Waals surface area contributed by atoms with E-state index in [0.717, 1.165) is 12.8 Å². The number of carbonyl (C=O) groups excluding carboxylic acids is 1. The standard InChI is InChI=1S/C9H18N2O5S/c1-2-16-8(12)11-17(14,15)10-7-9(13)5-3-4-6-9/h10,13H,2-7H2,1H3,(H,11,12). The number of amides is 1. The molecule has 0 aromatic carbocycles. The highest BCUT2D eigenvalue weighted by molar-refractivity contribution is 7.88. The van der Waals surface area contributed by atoms with Gasteiger partial charge < -0.3 is 9.84 Å². The first-order valence-electron chi connectivity index (χ1n) is 5.53. The van der Waals surface area contributed by atoms with E-state index in [1.54, 1.807) is 11.6 Å². The molecule has 0 saturated heterocycles. The van der Waals surface area contributed by atoms with Crippen molar-refractivity contribution in [2.75, 3.05) is 13.2 Å². The van der Waals surface area contributed by atoms with Crippen LogP contribution in [0.4, 0.5) is 4.79 Å². The number of rotatable bonds is 5. The lowest BCUT2D eigenvalue weighted by molar-refractivity contribution is 0.0530. The minimum Gasteiger partial charge on any atom is -0.449 e. The molecule has 0 radical (unpaired) electrons. The molecule has 17 heavy (non-hydrogen) atoms. The van der Waals surface area contributed by atoms with E-state index in [2.05, 4.69) is 9.46 Å². The third-order valence-electron chi connectivity index (χ3n) is 2.62. The Bertz CT molecular complexity index is 362. The molecular formula is C9H18N2O5S. The molecule has 1 aliphatic rings. The monoisotopic (exact) mass is 266 g/mol. The quantitative estimate of drug-likeness (QED) is 0.643. The van der Waals surface area contributed by atoms with Gasteiger partial charge in [-0.1, -0.05) is 12.8 Å². The summed E-state index contributed by atoms with van der Waals surface area (Å²) in [5.41, 5.74) is -0.997. The molecule has 3 N–H and O–H groups in total. The molecule has 8 heteroatoms. The summed E-state index contributed by atoms with van der Waals surface area (Å²) in [4.78, 5) is 10.9. The second-order valence-electron chi connectivity index (χ2n) is 4.08. The van der Waals surface area contributed by atoms with Gasteiger partial charge in [0.25, 0.3) is 0 Å². The Hall–Kier alpha value is -0.860. The van der Waals surface area contributed by atoms with Gasteiger partial charge in [0, 0.05) is 6.54 Å². The predicted molar refractivity (Wildman–Crippen MR) is 60.5 cm³/mol. The summed E-state index contributed by atoms with van der Waals surface area (Å²) < 4.78 is 31.0. The van der Waals surface area contributed by atoms with E-state index >= 15 is 0 Å². The summed E-state index contributed by atoms with van der Waals surface area (Å²) in [6.45, 7) is 1.56. The maximum Gasteiger partial charge on any atom is 0.421 e. The van der Waals surface area contributed by atoms with Gasteiger partial charge in [-0.3, -0.25) is 0 Å². The van der Waals surface area contributed by atoms with Gasteiger partial charge in [-0.25, -0.2) is 9.52 Å². The second kappa shape index (κ2) is 5.65. The Morgan fingerprint density at radius 1 is 1.41 bits per heavy atom. The predicted octanol–water partition coefficient (Wildman–Crippen LogP) is -0.128. The Balaban J connectivity index is 2.41. The molecule has 0 atom stereocenters. The van der Waals surface area contributed by atoms with Gasteiger partial charge in [-0.15, -0.1) is 0 Å². The Morgan fingerprint density at radius 2 is 2.00 bits per heavy atom. The van der Waals surface area contributed by atoms with E-state index in [0.29, 0.717) is 12.8 Å². The number of aliphatic hydroxyl groups is 1. The zero-order valence-electron chi connectivity index (χ0n) is 9.73. The molecule has 1 aliphatic carbocycles. The summed E-state index contributed by atoms with van der Waals surface area (Å²) in [7, 11) is -3.96. The molecule has 0 heterocycles. The van der Waals surface area contributed by atoms with Crippen molar-refractivity contribution >= 4 is 16.3 Å². The van der Waals surface area contributed by atoms with Crippen molar-refractivity contribution in [2.24, 2.45) is 0 Å². The van der Waals surface area contributed by atoms with Crippen LogP contribution in [0.25, 0.3) is 0 Å². The van der Waals surface area contributed by atoms with E-state index in [1.807, 2.05) is 0 Å². The van der Waals surface area contributed by atoms with Gasteiger partial charge in [0.05, 0.1) is 12.2 Å². The van der Waals surface area contributed by atoms with E-state index in [4.69, 9.17) is 0 Å². The molecule has 100 valence electrons. The van der Waals surface area contributed by atoms with Crippen LogP contribution in [0.15, 0.2) is 0 Å². The van der Waals surface area contributed by atoms with E-state index < -0.39 is 21.9 Å². The van der Waals surface area contributed by atoms with Crippen LogP contribution in [0.3, 0.4) is 0 Å². The SMILES string of the molecule is CCOC(=O)NS(=O)(=O)NCC1(O)CCCC1. The summed E-state index contributed by atoms with van der Waals surface area (Å²) in [5, 5.41) is 9.92. The average molecular weight is 266 g/mol. The summed E-state index contributed by atoms with van der Waals surface area (Å²) >= 11 is 0. The van der Waals surface area contributed by atoms with Gasteiger partial charge in [-0.2, -0.15) is 13.1 Å². The number of hydrogen-bond acceptors (Lipinski definition) is 5. The van der Waals surface area contributed by atoms with Crippen LogP contribution in [-0.4, -0.2) is 38.4 Å². The van der Waals surface area contributed by atoms with Crippen LogP contribution in [-0.2, 0) is 14.9 Å². The van der Waals surface area contributed by atoms with Gasteiger partial charge in [0.1, 0.15) is 0 Å². The van der Waals surface area contributed by atoms with Gasteiger partial charge >= 0.3 is 16.3 Å². The Kier molecular flexibility index (Phi) is 4.72. The van der Waals surface area contributed by atoms with Gasteiger partial charge in [0.2, 0.25) is 0 Å². The first kappa shape index (κ1) is 14.2. The summed E-state index contributed by atoms with van der Waals surface area (Å²) in [6, 6.07) is 0. The van der Waals surface area contributed by atoms with E-state index in [9.17, 15) is 18.3 Å².